The third-order valence-electron chi connectivity index (χ3n) is 15.9. The monoisotopic (exact) mass is 1000 g/mol. The summed E-state index contributed by atoms with van der Waals surface area (Å²) in [6.45, 7) is 4.69. The molecule has 11 aromatic carbocycles. The second-order valence-electron chi connectivity index (χ2n) is 20.7. The molecule has 0 saturated carbocycles. The van der Waals surface area contributed by atoms with E-state index in [0.29, 0.717) is 22.3 Å². The normalized spacial score (nSPS) is 12.0. The van der Waals surface area contributed by atoms with E-state index in [9.17, 15) is 0 Å². The van der Waals surface area contributed by atoms with Crippen LogP contribution < -0.4 is 4.90 Å². The third-order valence-corrected chi connectivity index (χ3v) is 15.9. The van der Waals surface area contributed by atoms with Crippen molar-refractivity contribution in [3.05, 3.63) is 276 Å². The van der Waals surface area contributed by atoms with Crippen LogP contribution in [-0.4, -0.2) is 4.57 Å². The molecule has 0 amide bonds. The van der Waals surface area contributed by atoms with Crippen LogP contribution in [0.1, 0.15) is 47.2 Å². The number of nitrogens with zero attached hydrogens (tertiary/aromatic N) is 2. The Morgan fingerprint density at radius 2 is 0.810 bits per heavy atom. The van der Waals surface area contributed by atoms with Gasteiger partial charge in [-0.25, -0.2) is 0 Å². The lowest BCUT2D eigenvalue weighted by Gasteiger charge is -2.28. The SMILES string of the molecule is C#Cc1ccc(-c2ccc(-c3cccc(-n4c5ccccc5c5cc(-c6ccc(N(c7ccc(-c8ccccc8)cc7)c7ccc8c(c7)C(C)(C)c7ccccc7-8)cc6)ccc54)c3)c(-c3ccc(C#C)c(C#C)c3)c2)cc1C#C. The van der Waals surface area contributed by atoms with Gasteiger partial charge in [-0.1, -0.05) is 183 Å². The van der Waals surface area contributed by atoms with Crippen molar-refractivity contribution in [1.82, 2.24) is 4.57 Å². The van der Waals surface area contributed by atoms with E-state index in [-0.39, 0.29) is 5.41 Å². The van der Waals surface area contributed by atoms with Crippen molar-refractivity contribution >= 4 is 38.9 Å². The number of para-hydroxylation sites is 1. The smallest absolute Gasteiger partial charge is 0.0541 e. The summed E-state index contributed by atoms with van der Waals surface area (Å²) in [7, 11) is 0. The van der Waals surface area contributed by atoms with Gasteiger partial charge in [0.05, 0.1) is 11.0 Å². The predicted molar refractivity (Wildman–Crippen MR) is 332 cm³/mol. The van der Waals surface area contributed by atoms with E-state index in [1.54, 1.807) is 0 Å². The molecule has 0 N–H and O–H groups in total. The van der Waals surface area contributed by atoms with Gasteiger partial charge in [0.2, 0.25) is 0 Å². The van der Waals surface area contributed by atoms with Gasteiger partial charge in [0.15, 0.2) is 0 Å². The van der Waals surface area contributed by atoms with Crippen molar-refractivity contribution in [1.29, 1.82) is 0 Å². The average Bonchev–Trinajstić information content (AvgIpc) is 4.21. The minimum Gasteiger partial charge on any atom is -0.310 e. The van der Waals surface area contributed by atoms with E-state index < -0.39 is 0 Å². The predicted octanol–water partition coefficient (Wildman–Crippen LogP) is 18.8. The number of hydrogen-bond acceptors (Lipinski definition) is 1. The van der Waals surface area contributed by atoms with Gasteiger partial charge >= 0.3 is 0 Å². The van der Waals surface area contributed by atoms with Crippen LogP contribution >= 0.6 is 0 Å². The number of aromatic nitrogens is 1. The van der Waals surface area contributed by atoms with Gasteiger partial charge in [-0.15, -0.1) is 25.7 Å². The first-order chi connectivity index (χ1) is 38.7. The highest BCUT2D eigenvalue weighted by atomic mass is 15.1. The molecule has 0 atom stereocenters. The second kappa shape index (κ2) is 19.4. The van der Waals surface area contributed by atoms with Crippen molar-refractivity contribution in [3.8, 4) is 122 Å². The molecule has 1 aliphatic rings. The van der Waals surface area contributed by atoms with Crippen molar-refractivity contribution in [2.75, 3.05) is 4.90 Å². The Morgan fingerprint density at radius 3 is 1.53 bits per heavy atom. The van der Waals surface area contributed by atoms with E-state index in [4.69, 9.17) is 25.7 Å². The van der Waals surface area contributed by atoms with E-state index >= 15 is 0 Å². The zero-order valence-corrected chi connectivity index (χ0v) is 43.8. The Bertz CT molecular complexity index is 4590. The molecule has 0 aliphatic heterocycles. The quantitative estimate of drug-likeness (QED) is 0.131. The van der Waals surface area contributed by atoms with Crippen LogP contribution in [0.5, 0.6) is 0 Å². The molecule has 0 bridgehead atoms. The summed E-state index contributed by atoms with van der Waals surface area (Å²) in [4.78, 5) is 2.39. The summed E-state index contributed by atoms with van der Waals surface area (Å²) in [6.07, 6.45) is 23.6. The van der Waals surface area contributed by atoms with Crippen molar-refractivity contribution in [2.45, 2.75) is 19.3 Å². The van der Waals surface area contributed by atoms with Gasteiger partial charge in [-0.3, -0.25) is 0 Å². The van der Waals surface area contributed by atoms with Crippen LogP contribution in [0.4, 0.5) is 17.1 Å². The van der Waals surface area contributed by atoms with Crippen LogP contribution in [0.15, 0.2) is 243 Å². The Labute approximate surface area is 462 Å². The van der Waals surface area contributed by atoms with Crippen LogP contribution in [-0.2, 0) is 5.41 Å². The summed E-state index contributed by atoms with van der Waals surface area (Å²) in [5.74, 6) is 11.0. The van der Waals surface area contributed by atoms with E-state index in [1.807, 2.05) is 36.4 Å². The topological polar surface area (TPSA) is 8.17 Å². The summed E-state index contributed by atoms with van der Waals surface area (Å²) >= 11 is 0. The fourth-order valence-electron chi connectivity index (χ4n) is 11.9. The molecule has 368 valence electrons. The molecule has 1 aliphatic carbocycles. The lowest BCUT2D eigenvalue weighted by molar-refractivity contribution is 0.660. The first-order valence-corrected chi connectivity index (χ1v) is 26.5. The number of hydrogen-bond donors (Lipinski definition) is 0. The third kappa shape index (κ3) is 8.26. The highest BCUT2D eigenvalue weighted by molar-refractivity contribution is 6.10. The van der Waals surface area contributed by atoms with Gasteiger partial charge in [0, 0.05) is 61.2 Å². The van der Waals surface area contributed by atoms with Crippen molar-refractivity contribution in [3.63, 3.8) is 0 Å². The summed E-state index contributed by atoms with van der Waals surface area (Å²) < 4.78 is 2.37. The molecule has 12 aromatic rings. The molecule has 0 radical (unpaired) electrons. The minimum atomic E-state index is -0.134. The largest absolute Gasteiger partial charge is 0.310 e. The molecule has 2 nitrogen and oxygen atoms in total. The van der Waals surface area contributed by atoms with E-state index in [0.717, 1.165) is 78.3 Å². The maximum atomic E-state index is 6.03. The number of benzene rings is 11. The standard InChI is InChI=1S/C77H50N2/c1-7-51-27-29-58(45-53(51)9-3)60-35-42-67(71(48-60)62-30-28-52(8-2)54(10-4)46-62)61-21-18-22-65(47-61)79-75-26-17-15-24-70(75)72-49-59(36-44-76(72)79)57-33-39-64(40-34-57)78(63-37-31-56(32-38-63)55-19-12-11-13-20-55)66-41-43-69-68-23-14-16-25-73(68)77(5,6)74(69)50-66/h1-4,11-50H,5-6H3. The molecule has 1 heterocycles. The van der Waals surface area contributed by atoms with Crippen LogP contribution in [0.3, 0.4) is 0 Å². The average molecular weight is 1000 g/mol. The Kier molecular flexibility index (Phi) is 11.8. The van der Waals surface area contributed by atoms with Crippen LogP contribution in [0, 0.1) is 49.4 Å². The number of anilines is 3. The highest BCUT2D eigenvalue weighted by Crippen LogP contribution is 2.51. The molecule has 13 rings (SSSR count). The Morgan fingerprint density at radius 1 is 0.316 bits per heavy atom. The molecule has 0 unspecified atom stereocenters. The van der Waals surface area contributed by atoms with Gasteiger partial charge in [0.25, 0.3) is 0 Å². The van der Waals surface area contributed by atoms with Gasteiger partial charge < -0.3 is 9.47 Å². The summed E-state index contributed by atoms with van der Waals surface area (Å²) in [6, 6.07) is 87.0. The summed E-state index contributed by atoms with van der Waals surface area (Å²) in [5, 5.41) is 2.35. The zero-order valence-electron chi connectivity index (χ0n) is 43.8. The molecular formula is C77H50N2. The fourth-order valence-corrected chi connectivity index (χ4v) is 11.9. The van der Waals surface area contributed by atoms with Crippen LogP contribution in [0.25, 0.3) is 94.3 Å². The minimum absolute atomic E-state index is 0.134. The maximum Gasteiger partial charge on any atom is 0.0541 e. The van der Waals surface area contributed by atoms with Gasteiger partial charge in [-0.2, -0.15) is 0 Å². The number of terminal acetylenes is 4. The fraction of sp³-hybridized carbons (Fsp3) is 0.0390. The molecular weight excluding hydrogens is 953 g/mol. The Hall–Kier alpha value is -10.7. The van der Waals surface area contributed by atoms with Gasteiger partial charge in [-0.05, 0) is 175 Å². The summed E-state index contributed by atoms with van der Waals surface area (Å²) in [5.41, 5.74) is 25.1. The molecule has 0 saturated heterocycles. The van der Waals surface area contributed by atoms with Crippen molar-refractivity contribution < 1.29 is 0 Å². The second-order valence-corrected chi connectivity index (χ2v) is 20.7. The highest BCUT2D eigenvalue weighted by Gasteiger charge is 2.36. The van der Waals surface area contributed by atoms with Gasteiger partial charge in [0.1, 0.15) is 0 Å². The number of rotatable bonds is 9. The first kappa shape index (κ1) is 47.9. The lowest BCUT2D eigenvalue weighted by atomic mass is 9.82. The molecule has 0 spiro atoms. The van der Waals surface area contributed by atoms with E-state index in [1.165, 1.54) is 44.2 Å². The maximum absolute atomic E-state index is 6.03. The zero-order chi connectivity index (χ0) is 53.8. The number of fused-ring (bicyclic) bond motifs is 6. The first-order valence-electron chi connectivity index (χ1n) is 26.5. The Balaban J connectivity index is 0.882. The van der Waals surface area contributed by atoms with Crippen molar-refractivity contribution in [2.24, 2.45) is 0 Å². The molecule has 1 aromatic heterocycles. The molecule has 0 fully saturated rings. The lowest BCUT2D eigenvalue weighted by Crippen LogP contribution is -2.16. The molecule has 2 heteroatoms. The van der Waals surface area contributed by atoms with E-state index in [2.05, 4.69) is 253 Å². The van der Waals surface area contributed by atoms with Crippen LogP contribution in [0.2, 0.25) is 0 Å². The molecule has 79 heavy (non-hydrogen) atoms.